The van der Waals surface area contributed by atoms with Crippen molar-refractivity contribution in [1.82, 2.24) is 15.5 Å². The zero-order chi connectivity index (χ0) is 17.3. The summed E-state index contributed by atoms with van der Waals surface area (Å²) in [6.45, 7) is 7.14. The van der Waals surface area contributed by atoms with Crippen LogP contribution in [0.3, 0.4) is 0 Å². The summed E-state index contributed by atoms with van der Waals surface area (Å²) in [6, 6.07) is 6.97. The number of piperazine rings is 1. The first-order valence-electron chi connectivity index (χ1n) is 8.09. The van der Waals surface area contributed by atoms with E-state index in [1.54, 1.807) is 18.2 Å². The van der Waals surface area contributed by atoms with Crippen molar-refractivity contribution in [2.24, 2.45) is 0 Å². The fourth-order valence-corrected chi connectivity index (χ4v) is 3.43. The average Bonchev–Trinajstić information content (AvgIpc) is 2.59. The highest BCUT2D eigenvalue weighted by Gasteiger charge is 2.43. The summed E-state index contributed by atoms with van der Waals surface area (Å²) in [6.07, 6.45) is -0.792. The molecule has 7 heteroatoms. The maximum Gasteiger partial charge on any atom is 0.169 e. The number of nitriles is 1. The number of aliphatic hydroxyl groups is 1. The minimum atomic E-state index is -0.792. The van der Waals surface area contributed by atoms with Gasteiger partial charge in [0, 0.05) is 31.7 Å². The Kier molecular flexibility index (Phi) is 4.63. The summed E-state index contributed by atoms with van der Waals surface area (Å²) < 4.78 is 5.92. The summed E-state index contributed by atoms with van der Waals surface area (Å²) in [5, 5.41) is 27.2. The number of rotatable bonds is 1. The van der Waals surface area contributed by atoms with E-state index in [9.17, 15) is 5.11 Å². The van der Waals surface area contributed by atoms with Crippen LogP contribution in [0.2, 0.25) is 0 Å². The molecule has 128 valence electrons. The molecule has 2 unspecified atom stereocenters. The Bertz CT molecular complexity index is 680. The van der Waals surface area contributed by atoms with Crippen LogP contribution in [0.15, 0.2) is 18.2 Å². The molecule has 0 amide bonds. The largest absolute Gasteiger partial charge is 0.485 e. The number of nitrogens with one attached hydrogen (secondary N) is 2. The van der Waals surface area contributed by atoms with Gasteiger partial charge in [0.1, 0.15) is 17.5 Å². The number of hydrogen-bond acceptors (Lipinski definition) is 5. The molecule has 0 aliphatic carbocycles. The highest BCUT2D eigenvalue weighted by Crippen LogP contribution is 2.40. The number of hydrogen-bond donors (Lipinski definition) is 3. The van der Waals surface area contributed by atoms with Crippen molar-refractivity contribution in [3.63, 3.8) is 0 Å². The normalized spacial score (nSPS) is 25.2. The van der Waals surface area contributed by atoms with Crippen LogP contribution in [-0.2, 0) is 0 Å². The first-order chi connectivity index (χ1) is 11.4. The van der Waals surface area contributed by atoms with Crippen LogP contribution in [0.4, 0.5) is 0 Å². The molecule has 24 heavy (non-hydrogen) atoms. The summed E-state index contributed by atoms with van der Waals surface area (Å²) in [7, 11) is 0. The second-order valence-corrected chi connectivity index (χ2v) is 7.07. The number of ether oxygens (including phenoxy) is 1. The smallest absolute Gasteiger partial charge is 0.169 e. The van der Waals surface area contributed by atoms with Gasteiger partial charge in [-0.25, -0.2) is 0 Å². The van der Waals surface area contributed by atoms with Crippen LogP contribution >= 0.6 is 12.2 Å². The standard InChI is InChI=1S/C17H22N4O2S/c1-17(2)15(22)14(20-16(24)21-7-5-19-6-8-21)12-9-11(10-18)3-4-13(12)23-17/h3-4,9,14-15,19,22H,5-8H2,1-2H3,(H,20,24). The molecule has 3 N–H and O–H groups in total. The number of thiocarbonyl (C=S) groups is 1. The van der Waals surface area contributed by atoms with Crippen molar-refractivity contribution in [2.75, 3.05) is 26.2 Å². The summed E-state index contributed by atoms with van der Waals surface area (Å²) in [4.78, 5) is 2.09. The van der Waals surface area contributed by atoms with Gasteiger partial charge in [-0.15, -0.1) is 0 Å². The molecule has 2 atom stereocenters. The predicted molar refractivity (Wildman–Crippen MR) is 94.8 cm³/mol. The van der Waals surface area contributed by atoms with E-state index in [0.717, 1.165) is 31.7 Å². The third-order valence-electron chi connectivity index (χ3n) is 4.56. The summed E-state index contributed by atoms with van der Waals surface area (Å²) in [5.74, 6) is 0.671. The minimum absolute atomic E-state index is 0.417. The lowest BCUT2D eigenvalue weighted by Gasteiger charge is -2.43. The molecule has 1 aromatic rings. The molecule has 0 saturated carbocycles. The SMILES string of the molecule is CC1(C)Oc2ccc(C#N)cc2C(NC(=S)N2CCNCC2)C1O. The van der Waals surface area contributed by atoms with Gasteiger partial charge < -0.3 is 25.4 Å². The van der Waals surface area contributed by atoms with Crippen LogP contribution in [0.25, 0.3) is 0 Å². The molecule has 1 fully saturated rings. The fraction of sp³-hybridized carbons (Fsp3) is 0.529. The van der Waals surface area contributed by atoms with Gasteiger partial charge in [0.05, 0.1) is 17.7 Å². The van der Waals surface area contributed by atoms with Crippen molar-refractivity contribution >= 4 is 17.3 Å². The van der Waals surface area contributed by atoms with Gasteiger partial charge in [-0.05, 0) is 44.3 Å². The first-order valence-corrected chi connectivity index (χ1v) is 8.50. The van der Waals surface area contributed by atoms with Crippen LogP contribution in [0, 0.1) is 11.3 Å². The Morgan fingerprint density at radius 2 is 2.17 bits per heavy atom. The lowest BCUT2D eigenvalue weighted by Crippen LogP contribution is -2.57. The van der Waals surface area contributed by atoms with Crippen molar-refractivity contribution < 1.29 is 9.84 Å². The minimum Gasteiger partial charge on any atom is -0.485 e. The first kappa shape index (κ1) is 17.0. The maximum absolute atomic E-state index is 10.8. The van der Waals surface area contributed by atoms with Gasteiger partial charge >= 0.3 is 0 Å². The van der Waals surface area contributed by atoms with Gasteiger partial charge in [0.25, 0.3) is 0 Å². The summed E-state index contributed by atoms with van der Waals surface area (Å²) >= 11 is 5.54. The fourth-order valence-electron chi connectivity index (χ4n) is 3.12. The van der Waals surface area contributed by atoms with E-state index >= 15 is 0 Å². The Labute approximate surface area is 147 Å². The topological polar surface area (TPSA) is 80.5 Å². The molecule has 1 aromatic carbocycles. The van der Waals surface area contributed by atoms with Gasteiger partial charge in [-0.2, -0.15) is 5.26 Å². The summed E-state index contributed by atoms with van der Waals surface area (Å²) in [5.41, 5.74) is 0.542. The molecular weight excluding hydrogens is 324 g/mol. The molecule has 3 rings (SSSR count). The van der Waals surface area contributed by atoms with E-state index in [2.05, 4.69) is 21.6 Å². The van der Waals surface area contributed by atoms with Gasteiger partial charge in [-0.1, -0.05) is 0 Å². The molecule has 2 aliphatic heterocycles. The molecule has 1 saturated heterocycles. The van der Waals surface area contributed by atoms with E-state index in [1.165, 1.54) is 0 Å². The van der Waals surface area contributed by atoms with E-state index in [-0.39, 0.29) is 0 Å². The Balaban J connectivity index is 1.90. The Morgan fingerprint density at radius 1 is 1.46 bits per heavy atom. The van der Waals surface area contributed by atoms with Gasteiger partial charge in [-0.3, -0.25) is 0 Å². The van der Waals surface area contributed by atoms with Gasteiger partial charge in [0.15, 0.2) is 5.11 Å². The molecular formula is C17H22N4O2S. The lowest BCUT2D eigenvalue weighted by atomic mass is 9.86. The van der Waals surface area contributed by atoms with Crippen LogP contribution in [0.1, 0.15) is 31.0 Å². The van der Waals surface area contributed by atoms with Crippen LogP contribution in [-0.4, -0.2) is 53.0 Å². The second-order valence-electron chi connectivity index (χ2n) is 6.68. The van der Waals surface area contributed by atoms with Crippen molar-refractivity contribution in [3.8, 4) is 11.8 Å². The number of aliphatic hydroxyl groups excluding tert-OH is 1. The zero-order valence-corrected chi connectivity index (χ0v) is 14.7. The monoisotopic (exact) mass is 346 g/mol. The third kappa shape index (κ3) is 3.18. The number of nitrogens with zero attached hydrogens (tertiary/aromatic N) is 2. The van der Waals surface area contributed by atoms with Crippen LogP contribution in [0.5, 0.6) is 5.75 Å². The number of benzene rings is 1. The average molecular weight is 346 g/mol. The molecule has 0 radical (unpaired) electrons. The molecule has 2 aliphatic rings. The highest BCUT2D eigenvalue weighted by molar-refractivity contribution is 7.80. The zero-order valence-electron chi connectivity index (χ0n) is 13.9. The number of fused-ring (bicyclic) bond motifs is 1. The predicted octanol–water partition coefficient (Wildman–Crippen LogP) is 0.911. The Morgan fingerprint density at radius 3 is 2.83 bits per heavy atom. The van der Waals surface area contributed by atoms with Crippen molar-refractivity contribution in [1.29, 1.82) is 5.26 Å². The molecule has 0 bridgehead atoms. The molecule has 0 aromatic heterocycles. The van der Waals surface area contributed by atoms with Crippen molar-refractivity contribution in [2.45, 2.75) is 31.6 Å². The van der Waals surface area contributed by atoms with Crippen LogP contribution < -0.4 is 15.4 Å². The third-order valence-corrected chi connectivity index (χ3v) is 4.93. The lowest BCUT2D eigenvalue weighted by molar-refractivity contribution is -0.0614. The molecule has 0 spiro atoms. The molecule has 6 nitrogen and oxygen atoms in total. The van der Waals surface area contributed by atoms with E-state index in [1.807, 2.05) is 13.8 Å². The van der Waals surface area contributed by atoms with E-state index in [4.69, 9.17) is 22.2 Å². The second kappa shape index (κ2) is 6.55. The van der Waals surface area contributed by atoms with Gasteiger partial charge in [0.2, 0.25) is 0 Å². The molecule has 2 heterocycles. The highest BCUT2D eigenvalue weighted by atomic mass is 32.1. The maximum atomic E-state index is 10.8. The quantitative estimate of drug-likeness (QED) is 0.652. The van der Waals surface area contributed by atoms with Crippen molar-refractivity contribution in [3.05, 3.63) is 29.3 Å². The van der Waals surface area contributed by atoms with E-state index in [0.29, 0.717) is 16.4 Å². The Hall–Kier alpha value is -1.88. The van der Waals surface area contributed by atoms with E-state index < -0.39 is 17.7 Å².